The summed E-state index contributed by atoms with van der Waals surface area (Å²) in [6, 6.07) is 7.53. The van der Waals surface area contributed by atoms with Gasteiger partial charge < -0.3 is 24.2 Å². The van der Waals surface area contributed by atoms with E-state index in [4.69, 9.17) is 14.0 Å². The van der Waals surface area contributed by atoms with E-state index in [0.717, 1.165) is 24.2 Å². The molecule has 2 amide bonds. The average Bonchev–Trinajstić information content (AvgIpc) is 3.30. The molecule has 0 bridgehead atoms. The summed E-state index contributed by atoms with van der Waals surface area (Å²) in [4.78, 5) is 29.8. The second-order valence-electron chi connectivity index (χ2n) is 6.61. The number of cyclic esters (lactones) is 1. The zero-order valence-corrected chi connectivity index (χ0v) is 14.9. The Hall–Kier alpha value is -3.10. The van der Waals surface area contributed by atoms with Crippen LogP contribution >= 0.6 is 0 Å². The predicted octanol–water partition coefficient (Wildman–Crippen LogP) is 1.39. The van der Waals surface area contributed by atoms with E-state index in [1.54, 1.807) is 24.1 Å². The highest BCUT2D eigenvalue weighted by Gasteiger charge is 2.40. The molecule has 4 rings (SSSR count). The quantitative estimate of drug-likeness (QED) is 0.782. The maximum absolute atomic E-state index is 12.1. The van der Waals surface area contributed by atoms with Gasteiger partial charge in [-0.1, -0.05) is 5.16 Å². The molecular formula is C18H20N4O5. The fraction of sp³-hybridized carbons (Fsp3) is 0.444. The number of carbonyl (C=O) groups is 2. The highest BCUT2D eigenvalue weighted by Crippen LogP contribution is 2.30. The molecule has 142 valence electrons. The monoisotopic (exact) mass is 372 g/mol. The van der Waals surface area contributed by atoms with Crippen LogP contribution in [0.25, 0.3) is 11.4 Å². The molecule has 2 aliphatic rings. The number of amides is 2. The Balaban J connectivity index is 1.27. The van der Waals surface area contributed by atoms with Gasteiger partial charge in [0.25, 0.3) is 0 Å². The van der Waals surface area contributed by atoms with Gasteiger partial charge in [0.1, 0.15) is 18.3 Å². The number of methoxy groups -OCH3 is 1. The van der Waals surface area contributed by atoms with Gasteiger partial charge in [0.2, 0.25) is 17.6 Å². The van der Waals surface area contributed by atoms with Crippen molar-refractivity contribution in [3.63, 3.8) is 0 Å². The molecule has 2 heterocycles. The van der Waals surface area contributed by atoms with Gasteiger partial charge in [-0.2, -0.15) is 4.98 Å². The highest BCUT2D eigenvalue weighted by molar-refractivity contribution is 5.78. The Morgan fingerprint density at radius 3 is 2.81 bits per heavy atom. The van der Waals surface area contributed by atoms with Gasteiger partial charge in [-0.25, -0.2) is 4.79 Å². The first kappa shape index (κ1) is 17.3. The van der Waals surface area contributed by atoms with Gasteiger partial charge >= 0.3 is 6.09 Å². The molecule has 1 N–H and O–H groups in total. The Labute approximate surface area is 155 Å². The largest absolute Gasteiger partial charge is 0.497 e. The fourth-order valence-electron chi connectivity index (χ4n) is 2.94. The molecule has 1 aliphatic carbocycles. The van der Waals surface area contributed by atoms with Crippen LogP contribution in [0.5, 0.6) is 5.75 Å². The van der Waals surface area contributed by atoms with E-state index >= 15 is 0 Å². The third kappa shape index (κ3) is 4.02. The van der Waals surface area contributed by atoms with Gasteiger partial charge in [0.05, 0.1) is 20.2 Å². The molecule has 9 nitrogen and oxygen atoms in total. The molecular weight excluding hydrogens is 352 g/mol. The minimum atomic E-state index is -0.320. The number of aromatic nitrogens is 2. The van der Waals surface area contributed by atoms with Crippen LogP contribution in [0.1, 0.15) is 18.7 Å². The molecule has 1 aromatic heterocycles. The number of rotatable bonds is 7. The van der Waals surface area contributed by atoms with E-state index in [-0.39, 0.29) is 37.0 Å². The minimum Gasteiger partial charge on any atom is -0.497 e. The van der Waals surface area contributed by atoms with Crippen molar-refractivity contribution in [1.82, 2.24) is 20.4 Å². The SMILES string of the molecule is COc1ccc(-c2noc(CC(=O)NCC3CN(C4CC4)C(=O)O3)n2)cc1. The van der Waals surface area contributed by atoms with Crippen molar-refractivity contribution < 1.29 is 23.6 Å². The molecule has 1 saturated heterocycles. The van der Waals surface area contributed by atoms with Crippen LogP contribution in [-0.2, 0) is 16.0 Å². The fourth-order valence-corrected chi connectivity index (χ4v) is 2.94. The molecule has 1 atom stereocenters. The normalized spacial score (nSPS) is 19.1. The van der Waals surface area contributed by atoms with Crippen LogP contribution in [0.2, 0.25) is 0 Å². The number of carbonyl (C=O) groups excluding carboxylic acids is 2. The summed E-state index contributed by atoms with van der Waals surface area (Å²) < 4.78 is 15.5. The van der Waals surface area contributed by atoms with Crippen LogP contribution in [0.3, 0.4) is 0 Å². The van der Waals surface area contributed by atoms with Crippen LogP contribution < -0.4 is 10.1 Å². The number of hydrogen-bond donors (Lipinski definition) is 1. The average molecular weight is 372 g/mol. The summed E-state index contributed by atoms with van der Waals surface area (Å²) in [6.45, 7) is 0.791. The van der Waals surface area contributed by atoms with Gasteiger partial charge in [-0.05, 0) is 37.1 Å². The van der Waals surface area contributed by atoms with Crippen LogP contribution in [0.15, 0.2) is 28.8 Å². The highest BCUT2D eigenvalue weighted by atomic mass is 16.6. The zero-order valence-electron chi connectivity index (χ0n) is 14.9. The molecule has 2 fully saturated rings. The number of benzene rings is 1. The van der Waals surface area contributed by atoms with Crippen LogP contribution in [0, 0.1) is 0 Å². The maximum Gasteiger partial charge on any atom is 0.410 e. The summed E-state index contributed by atoms with van der Waals surface area (Å²) in [6.07, 6.45) is 1.41. The minimum absolute atomic E-state index is 0.0316. The summed E-state index contributed by atoms with van der Waals surface area (Å²) >= 11 is 0. The lowest BCUT2D eigenvalue weighted by atomic mass is 10.2. The standard InChI is InChI=1S/C18H20N4O5/c1-25-13-6-2-11(3-7-13)17-20-16(27-21-17)8-15(23)19-9-14-10-22(12-4-5-12)18(24)26-14/h2-3,6-7,12,14H,4-5,8-10H2,1H3,(H,19,23). The molecule has 9 heteroatoms. The van der Waals surface area contributed by atoms with Crippen molar-refractivity contribution >= 4 is 12.0 Å². The Morgan fingerprint density at radius 2 is 2.11 bits per heavy atom. The molecule has 27 heavy (non-hydrogen) atoms. The first-order chi connectivity index (χ1) is 13.1. The van der Waals surface area contributed by atoms with Crippen molar-refractivity contribution in [2.24, 2.45) is 0 Å². The molecule has 1 aliphatic heterocycles. The number of ether oxygens (including phenoxy) is 2. The van der Waals surface area contributed by atoms with E-state index in [1.165, 1.54) is 0 Å². The predicted molar refractivity (Wildman–Crippen MR) is 93.0 cm³/mol. The molecule has 1 saturated carbocycles. The molecule has 1 unspecified atom stereocenters. The lowest BCUT2D eigenvalue weighted by molar-refractivity contribution is -0.121. The maximum atomic E-state index is 12.1. The third-order valence-electron chi connectivity index (χ3n) is 4.54. The van der Waals surface area contributed by atoms with Gasteiger partial charge in [-0.3, -0.25) is 4.79 Å². The van der Waals surface area contributed by atoms with Crippen molar-refractivity contribution in [3.8, 4) is 17.1 Å². The second kappa shape index (κ2) is 7.26. The van der Waals surface area contributed by atoms with Crippen molar-refractivity contribution in [1.29, 1.82) is 0 Å². The Morgan fingerprint density at radius 1 is 1.33 bits per heavy atom. The number of hydrogen-bond acceptors (Lipinski definition) is 7. The zero-order chi connectivity index (χ0) is 18.8. The number of nitrogens with zero attached hydrogens (tertiary/aromatic N) is 3. The first-order valence-corrected chi connectivity index (χ1v) is 8.83. The van der Waals surface area contributed by atoms with Crippen molar-refractivity contribution in [2.45, 2.75) is 31.4 Å². The summed E-state index contributed by atoms with van der Waals surface area (Å²) in [5, 5.41) is 6.65. The van der Waals surface area contributed by atoms with E-state index in [0.29, 0.717) is 18.4 Å². The Kier molecular flexibility index (Phi) is 4.66. The van der Waals surface area contributed by atoms with Crippen molar-refractivity contribution in [2.75, 3.05) is 20.2 Å². The summed E-state index contributed by atoms with van der Waals surface area (Å²) in [5.41, 5.74) is 0.768. The summed E-state index contributed by atoms with van der Waals surface area (Å²) in [5.74, 6) is 1.10. The Bertz CT molecular complexity index is 831. The molecule has 1 aromatic carbocycles. The van der Waals surface area contributed by atoms with E-state index in [1.807, 2.05) is 12.1 Å². The van der Waals surface area contributed by atoms with E-state index in [2.05, 4.69) is 15.5 Å². The second-order valence-corrected chi connectivity index (χ2v) is 6.61. The molecule has 2 aromatic rings. The van der Waals surface area contributed by atoms with E-state index in [9.17, 15) is 9.59 Å². The van der Waals surface area contributed by atoms with Crippen LogP contribution in [-0.4, -0.2) is 59.4 Å². The first-order valence-electron chi connectivity index (χ1n) is 8.83. The lowest BCUT2D eigenvalue weighted by Gasteiger charge is -2.11. The summed E-state index contributed by atoms with van der Waals surface area (Å²) in [7, 11) is 1.59. The third-order valence-corrected chi connectivity index (χ3v) is 4.54. The van der Waals surface area contributed by atoms with Gasteiger partial charge in [0, 0.05) is 11.6 Å². The van der Waals surface area contributed by atoms with Gasteiger partial charge in [-0.15, -0.1) is 0 Å². The van der Waals surface area contributed by atoms with Crippen molar-refractivity contribution in [3.05, 3.63) is 30.2 Å². The van der Waals surface area contributed by atoms with Gasteiger partial charge in [0.15, 0.2) is 0 Å². The molecule has 0 radical (unpaired) electrons. The molecule has 0 spiro atoms. The smallest absolute Gasteiger partial charge is 0.410 e. The van der Waals surface area contributed by atoms with Crippen LogP contribution in [0.4, 0.5) is 4.79 Å². The van der Waals surface area contributed by atoms with E-state index < -0.39 is 0 Å². The lowest BCUT2D eigenvalue weighted by Crippen LogP contribution is -2.35. The topological polar surface area (TPSA) is 107 Å². The number of nitrogens with one attached hydrogen (secondary N) is 1.